The van der Waals surface area contributed by atoms with Crippen molar-refractivity contribution in [1.29, 1.82) is 0 Å². The van der Waals surface area contributed by atoms with Gasteiger partial charge in [-0.2, -0.15) is 0 Å². The third-order valence-electron chi connectivity index (χ3n) is 7.24. The van der Waals surface area contributed by atoms with Gasteiger partial charge in [-0.3, -0.25) is 14.5 Å². The van der Waals surface area contributed by atoms with Gasteiger partial charge in [0.25, 0.3) is 0 Å². The maximum Gasteiger partial charge on any atom is 0.238 e. The summed E-state index contributed by atoms with van der Waals surface area (Å²) in [4.78, 5) is 31.8. The number of rotatable bonds is 5. The number of ether oxygens (including phenoxy) is 2. The fourth-order valence-electron chi connectivity index (χ4n) is 5.60. The molecule has 3 aromatic rings. The number of hydrogen-bond acceptors (Lipinski definition) is 8. The van der Waals surface area contributed by atoms with E-state index in [9.17, 15) is 9.59 Å². The number of nitrogens with one attached hydrogen (secondary N) is 1. The summed E-state index contributed by atoms with van der Waals surface area (Å²) in [5.41, 5.74) is 3.99. The van der Waals surface area contributed by atoms with E-state index in [1.54, 1.807) is 23.9 Å². The molecule has 206 valence electrons. The molecular formula is C30H35N3O5S. The van der Waals surface area contributed by atoms with Crippen molar-refractivity contribution < 1.29 is 20.1 Å². The summed E-state index contributed by atoms with van der Waals surface area (Å²) in [6, 6.07) is 15.4. The molecule has 2 atom stereocenters. The first-order valence-electron chi connectivity index (χ1n) is 13.5. The van der Waals surface area contributed by atoms with E-state index in [1.165, 1.54) is 11.1 Å². The second-order valence-electron chi connectivity index (χ2n) is 10.5. The summed E-state index contributed by atoms with van der Waals surface area (Å²) in [6.07, 6.45) is 0.991. The van der Waals surface area contributed by atoms with Crippen LogP contribution in [-0.4, -0.2) is 69.0 Å². The lowest BCUT2D eigenvalue weighted by atomic mass is 10.00. The van der Waals surface area contributed by atoms with Gasteiger partial charge in [0.2, 0.25) is 5.91 Å². The molecule has 0 aliphatic carbocycles. The summed E-state index contributed by atoms with van der Waals surface area (Å²) < 4.78 is 17.5. The van der Waals surface area contributed by atoms with E-state index in [-0.39, 0.29) is 25.0 Å². The Balaban J connectivity index is 0.00000323. The van der Waals surface area contributed by atoms with Crippen LogP contribution < -0.4 is 15.6 Å². The maximum absolute atomic E-state index is 12.8. The van der Waals surface area contributed by atoms with E-state index in [1.807, 2.05) is 32.0 Å². The molecule has 4 heterocycles. The van der Waals surface area contributed by atoms with Gasteiger partial charge in [0.15, 0.2) is 11.3 Å². The Hall–Kier alpha value is -3.11. The SMILES string of the molecule is CC1CN(CC(=O)Nc2ccc3c(c2)Cc2cccc(-c4cc(=O)cc(N5CCOCC5)o4)c2S3)CC(C)O1.[HH]. The quantitative estimate of drug-likeness (QED) is 0.390. The van der Waals surface area contributed by atoms with Crippen LogP contribution in [0.5, 0.6) is 0 Å². The summed E-state index contributed by atoms with van der Waals surface area (Å²) in [6.45, 7) is 8.59. The van der Waals surface area contributed by atoms with E-state index >= 15 is 0 Å². The highest BCUT2D eigenvalue weighted by atomic mass is 32.2. The Bertz CT molecular complexity index is 1430. The summed E-state index contributed by atoms with van der Waals surface area (Å²) in [7, 11) is 0. The average molecular weight is 550 g/mol. The maximum atomic E-state index is 12.8. The van der Waals surface area contributed by atoms with Crippen molar-refractivity contribution in [1.82, 2.24) is 4.90 Å². The van der Waals surface area contributed by atoms with Gasteiger partial charge >= 0.3 is 0 Å². The van der Waals surface area contributed by atoms with Crippen LogP contribution in [0, 0.1) is 0 Å². The number of carbonyl (C=O) groups excluding carboxylic acids is 1. The molecule has 1 aromatic heterocycles. The molecular weight excluding hydrogens is 514 g/mol. The van der Waals surface area contributed by atoms with Gasteiger partial charge in [-0.1, -0.05) is 30.0 Å². The van der Waals surface area contributed by atoms with E-state index in [0.29, 0.717) is 44.5 Å². The van der Waals surface area contributed by atoms with Gasteiger partial charge in [0, 0.05) is 60.8 Å². The van der Waals surface area contributed by atoms with Crippen LogP contribution in [0.2, 0.25) is 0 Å². The smallest absolute Gasteiger partial charge is 0.238 e. The minimum Gasteiger partial charge on any atom is -0.440 e. The molecule has 0 radical (unpaired) electrons. The Morgan fingerprint density at radius 3 is 2.64 bits per heavy atom. The van der Waals surface area contributed by atoms with Crippen molar-refractivity contribution in [3.63, 3.8) is 0 Å². The molecule has 2 unspecified atom stereocenters. The second kappa shape index (κ2) is 11.2. The van der Waals surface area contributed by atoms with Crippen LogP contribution in [0.25, 0.3) is 11.3 Å². The summed E-state index contributed by atoms with van der Waals surface area (Å²) >= 11 is 1.68. The highest BCUT2D eigenvalue weighted by Crippen LogP contribution is 2.45. The van der Waals surface area contributed by atoms with Crippen LogP contribution in [-0.2, 0) is 20.7 Å². The van der Waals surface area contributed by atoms with Crippen molar-refractivity contribution in [2.75, 3.05) is 56.2 Å². The summed E-state index contributed by atoms with van der Waals surface area (Å²) in [5.74, 6) is 1.14. The van der Waals surface area contributed by atoms with E-state index < -0.39 is 0 Å². The lowest BCUT2D eigenvalue weighted by Gasteiger charge is -2.34. The third kappa shape index (κ3) is 5.91. The van der Waals surface area contributed by atoms with Gasteiger partial charge < -0.3 is 24.1 Å². The first kappa shape index (κ1) is 26.1. The molecule has 6 rings (SSSR count). The third-order valence-corrected chi connectivity index (χ3v) is 8.54. The van der Waals surface area contributed by atoms with Crippen LogP contribution >= 0.6 is 11.8 Å². The van der Waals surface area contributed by atoms with Gasteiger partial charge in [0.1, 0.15) is 5.76 Å². The highest BCUT2D eigenvalue weighted by molar-refractivity contribution is 7.99. The molecule has 1 amide bonds. The fourth-order valence-corrected chi connectivity index (χ4v) is 6.77. The number of fused-ring (bicyclic) bond motifs is 2. The van der Waals surface area contributed by atoms with Crippen molar-refractivity contribution in [2.24, 2.45) is 0 Å². The Kier molecular flexibility index (Phi) is 7.49. The fraction of sp³-hybridized carbons (Fsp3) is 0.400. The number of hydrogen-bond donors (Lipinski definition) is 1. The lowest BCUT2D eigenvalue weighted by Crippen LogP contribution is -2.48. The molecule has 0 spiro atoms. The number of nitrogens with zero attached hydrogens (tertiary/aromatic N) is 2. The van der Waals surface area contributed by atoms with Crippen molar-refractivity contribution in [2.45, 2.75) is 42.3 Å². The Morgan fingerprint density at radius 2 is 1.85 bits per heavy atom. The van der Waals surface area contributed by atoms with E-state index in [4.69, 9.17) is 13.9 Å². The van der Waals surface area contributed by atoms with Crippen molar-refractivity contribution in [3.05, 3.63) is 69.9 Å². The zero-order chi connectivity index (χ0) is 26.9. The largest absolute Gasteiger partial charge is 0.440 e. The predicted molar refractivity (Wildman–Crippen MR) is 154 cm³/mol. The second-order valence-corrected chi connectivity index (χ2v) is 11.5. The molecule has 8 nitrogen and oxygen atoms in total. The number of morpholine rings is 2. The van der Waals surface area contributed by atoms with Crippen molar-refractivity contribution >= 4 is 29.2 Å². The topological polar surface area (TPSA) is 84.3 Å². The zero-order valence-corrected chi connectivity index (χ0v) is 23.1. The molecule has 9 heteroatoms. The van der Waals surface area contributed by atoms with Gasteiger partial charge in [0.05, 0.1) is 32.0 Å². The van der Waals surface area contributed by atoms with Crippen LogP contribution in [0.1, 0.15) is 26.4 Å². The normalized spacial score (nSPS) is 21.2. The highest BCUT2D eigenvalue weighted by Gasteiger charge is 2.25. The van der Waals surface area contributed by atoms with E-state index in [2.05, 4.69) is 33.3 Å². The van der Waals surface area contributed by atoms with Gasteiger partial charge in [-0.25, -0.2) is 0 Å². The number of benzene rings is 2. The lowest BCUT2D eigenvalue weighted by molar-refractivity contribution is -0.121. The average Bonchev–Trinajstić information content (AvgIpc) is 2.91. The van der Waals surface area contributed by atoms with Gasteiger partial charge in [-0.05, 0) is 49.6 Å². The van der Waals surface area contributed by atoms with Crippen LogP contribution in [0.3, 0.4) is 0 Å². The van der Waals surface area contributed by atoms with Crippen molar-refractivity contribution in [3.8, 4) is 11.3 Å². The summed E-state index contributed by atoms with van der Waals surface area (Å²) in [5, 5.41) is 3.08. The standard InChI is InChI=1S/C30H33N3O5S.H2/c1-19-16-32(17-20(2)37-19)18-28(35)31-23-6-7-27-22(13-23)12-21-4-3-5-25(30(21)39-27)26-14-24(34)15-29(38-26)33-8-10-36-11-9-33;/h3-7,13-15,19-20H,8-12,16-18H2,1-2H3,(H,31,35);1H. The predicted octanol–water partition coefficient (Wildman–Crippen LogP) is 4.49. The number of amides is 1. The van der Waals surface area contributed by atoms with Gasteiger partial charge in [-0.15, -0.1) is 0 Å². The molecule has 2 aromatic carbocycles. The minimum absolute atomic E-state index is 0. The first-order chi connectivity index (χ1) is 18.9. The van der Waals surface area contributed by atoms with E-state index in [0.717, 1.165) is 40.6 Å². The molecule has 1 N–H and O–H groups in total. The monoisotopic (exact) mass is 549 g/mol. The Labute approximate surface area is 233 Å². The molecule has 39 heavy (non-hydrogen) atoms. The Morgan fingerprint density at radius 1 is 1.05 bits per heavy atom. The molecule has 3 aliphatic rings. The number of carbonyl (C=O) groups is 1. The molecule has 2 fully saturated rings. The molecule has 0 saturated carbocycles. The molecule has 2 saturated heterocycles. The zero-order valence-electron chi connectivity index (χ0n) is 22.3. The van der Waals surface area contributed by atoms with Crippen LogP contribution in [0.15, 0.2) is 67.5 Å². The first-order valence-corrected chi connectivity index (χ1v) is 14.3. The van der Waals surface area contributed by atoms with Crippen LogP contribution in [0.4, 0.5) is 11.6 Å². The minimum atomic E-state index is -0.0714. The molecule has 0 bridgehead atoms. The molecule has 3 aliphatic heterocycles. The number of anilines is 2.